The van der Waals surface area contributed by atoms with E-state index >= 15 is 0 Å². The van der Waals surface area contributed by atoms with Crippen molar-refractivity contribution in [2.45, 2.75) is 45.4 Å². The van der Waals surface area contributed by atoms with E-state index in [1.165, 1.54) is 11.8 Å². The van der Waals surface area contributed by atoms with Crippen molar-refractivity contribution in [1.82, 2.24) is 19.6 Å². The van der Waals surface area contributed by atoms with E-state index in [0.717, 1.165) is 17.0 Å². The number of hydrogen-bond acceptors (Lipinski definition) is 5. The molecule has 0 saturated heterocycles. The second-order valence-corrected chi connectivity index (χ2v) is 6.06. The van der Waals surface area contributed by atoms with Gasteiger partial charge in [-0.1, -0.05) is 11.8 Å². The minimum Gasteiger partial charge on any atom is -0.390 e. The summed E-state index contributed by atoms with van der Waals surface area (Å²) in [6.07, 6.45) is 0. The molecule has 0 aliphatic rings. The lowest BCUT2D eigenvalue weighted by atomic mass is 10.2. The number of aliphatic hydroxyl groups is 1. The van der Waals surface area contributed by atoms with Crippen molar-refractivity contribution < 1.29 is 5.11 Å². The van der Waals surface area contributed by atoms with Gasteiger partial charge in [-0.2, -0.15) is 4.98 Å². The molecule has 0 radical (unpaired) electrons. The summed E-state index contributed by atoms with van der Waals surface area (Å²) in [7, 11) is 0. The molecular weight excluding hydrogens is 248 g/mol. The fraction of sp³-hybridized carbons (Fsp3) is 0.583. The number of hydrogen-bond donors (Lipinski definition) is 1. The Morgan fingerprint density at radius 2 is 1.89 bits per heavy atom. The lowest BCUT2D eigenvalue weighted by Gasteiger charge is -2.14. The third kappa shape index (κ3) is 2.64. The topological polar surface area (TPSA) is 63.3 Å². The summed E-state index contributed by atoms with van der Waals surface area (Å²) in [5.74, 6) is 1.18. The van der Waals surface area contributed by atoms with Gasteiger partial charge in [-0.3, -0.25) is 0 Å². The fourth-order valence-electron chi connectivity index (χ4n) is 1.54. The Bertz CT molecular complexity index is 586. The molecule has 6 heteroatoms. The first-order valence-corrected chi connectivity index (χ1v) is 6.82. The molecule has 0 unspecified atom stereocenters. The van der Waals surface area contributed by atoms with Crippen molar-refractivity contribution in [2.24, 2.45) is 0 Å². The Balaban J connectivity index is 2.36. The first-order chi connectivity index (χ1) is 8.28. The van der Waals surface area contributed by atoms with Crippen LogP contribution in [0.25, 0.3) is 5.78 Å². The van der Waals surface area contributed by atoms with Crippen LogP contribution in [0.15, 0.2) is 5.16 Å². The summed E-state index contributed by atoms with van der Waals surface area (Å²) in [4.78, 5) is 8.79. The van der Waals surface area contributed by atoms with Gasteiger partial charge in [-0.25, -0.2) is 9.50 Å². The molecule has 2 rings (SSSR count). The highest BCUT2D eigenvalue weighted by Crippen LogP contribution is 2.21. The normalized spacial score (nSPS) is 12.3. The van der Waals surface area contributed by atoms with E-state index in [1.807, 2.05) is 20.8 Å². The van der Waals surface area contributed by atoms with Gasteiger partial charge in [0.05, 0.1) is 5.60 Å². The van der Waals surface area contributed by atoms with Crippen molar-refractivity contribution in [3.8, 4) is 0 Å². The van der Waals surface area contributed by atoms with Crippen LogP contribution < -0.4 is 0 Å². The second-order valence-electron chi connectivity index (χ2n) is 5.11. The zero-order chi connectivity index (χ0) is 13.5. The monoisotopic (exact) mass is 266 g/mol. The zero-order valence-corrected chi connectivity index (χ0v) is 12.2. The summed E-state index contributed by atoms with van der Waals surface area (Å²) < 4.78 is 1.76. The number of aromatic nitrogens is 4. The maximum Gasteiger partial charge on any atom is 0.253 e. The fourth-order valence-corrected chi connectivity index (χ4v) is 2.31. The second kappa shape index (κ2) is 4.51. The van der Waals surface area contributed by atoms with Gasteiger partial charge in [-0.15, -0.1) is 5.10 Å². The van der Waals surface area contributed by atoms with Crippen molar-refractivity contribution >= 4 is 17.5 Å². The molecular formula is C12H18N4OS. The van der Waals surface area contributed by atoms with Crippen LogP contribution in [0.4, 0.5) is 0 Å². The van der Waals surface area contributed by atoms with E-state index in [4.69, 9.17) is 0 Å². The van der Waals surface area contributed by atoms with Crippen LogP contribution >= 0.6 is 11.8 Å². The van der Waals surface area contributed by atoms with E-state index in [2.05, 4.69) is 15.1 Å². The molecule has 0 atom stereocenters. The molecule has 0 amide bonds. The maximum atomic E-state index is 9.70. The predicted molar refractivity (Wildman–Crippen MR) is 72.0 cm³/mol. The van der Waals surface area contributed by atoms with E-state index < -0.39 is 5.60 Å². The van der Waals surface area contributed by atoms with E-state index in [1.54, 1.807) is 18.4 Å². The molecule has 5 nitrogen and oxygen atoms in total. The van der Waals surface area contributed by atoms with Gasteiger partial charge in [0.15, 0.2) is 0 Å². The molecule has 0 bridgehead atoms. The Morgan fingerprint density at radius 1 is 1.22 bits per heavy atom. The lowest BCUT2D eigenvalue weighted by Crippen LogP contribution is -2.21. The van der Waals surface area contributed by atoms with Gasteiger partial charge >= 0.3 is 0 Å². The highest BCUT2D eigenvalue weighted by atomic mass is 32.2. The third-order valence-corrected chi connectivity index (χ3v) is 4.08. The van der Waals surface area contributed by atoms with E-state index in [-0.39, 0.29) is 0 Å². The van der Waals surface area contributed by atoms with Crippen LogP contribution in [0, 0.1) is 20.8 Å². The van der Waals surface area contributed by atoms with Gasteiger partial charge in [0, 0.05) is 17.1 Å². The summed E-state index contributed by atoms with van der Waals surface area (Å²) in [6.45, 7) is 9.56. The van der Waals surface area contributed by atoms with Crippen LogP contribution in [-0.4, -0.2) is 36.0 Å². The average Bonchev–Trinajstić information content (AvgIpc) is 2.66. The zero-order valence-electron chi connectivity index (χ0n) is 11.4. The Morgan fingerprint density at radius 3 is 2.50 bits per heavy atom. The number of rotatable bonds is 3. The summed E-state index contributed by atoms with van der Waals surface area (Å²) in [5.41, 5.74) is 2.44. The highest BCUT2D eigenvalue weighted by Gasteiger charge is 2.16. The smallest absolute Gasteiger partial charge is 0.253 e. The Kier molecular flexibility index (Phi) is 3.33. The quantitative estimate of drug-likeness (QED) is 0.860. The van der Waals surface area contributed by atoms with Crippen LogP contribution in [0.3, 0.4) is 0 Å². The number of nitrogens with zero attached hydrogens (tertiary/aromatic N) is 4. The molecule has 0 aromatic carbocycles. The SMILES string of the molecule is Cc1nc2nc(SCC(C)(C)O)nn2c(C)c1C. The van der Waals surface area contributed by atoms with Gasteiger partial charge in [0.2, 0.25) is 5.16 Å². The summed E-state index contributed by atoms with van der Waals surface area (Å²) in [5, 5.41) is 14.8. The molecule has 98 valence electrons. The standard InChI is InChI=1S/C12H18N4OS/c1-7-8(2)13-10-14-11(15-16(10)9(7)3)18-6-12(4,5)17/h17H,6H2,1-5H3. The third-order valence-electron chi connectivity index (χ3n) is 2.80. The molecule has 0 spiro atoms. The van der Waals surface area contributed by atoms with Gasteiger partial charge in [0.1, 0.15) is 0 Å². The number of aryl methyl sites for hydroxylation is 2. The van der Waals surface area contributed by atoms with E-state index in [9.17, 15) is 5.11 Å². The molecule has 0 saturated carbocycles. The molecule has 0 aliphatic carbocycles. The summed E-state index contributed by atoms with van der Waals surface area (Å²) in [6, 6.07) is 0. The first-order valence-electron chi connectivity index (χ1n) is 5.84. The van der Waals surface area contributed by atoms with Crippen molar-refractivity contribution in [3.63, 3.8) is 0 Å². The summed E-state index contributed by atoms with van der Waals surface area (Å²) >= 11 is 1.44. The maximum absolute atomic E-state index is 9.70. The van der Waals surface area contributed by atoms with Crippen LogP contribution in [0.2, 0.25) is 0 Å². The van der Waals surface area contributed by atoms with Gasteiger partial charge in [-0.05, 0) is 40.2 Å². The Labute approximate surface area is 111 Å². The van der Waals surface area contributed by atoms with Crippen LogP contribution in [-0.2, 0) is 0 Å². The average molecular weight is 266 g/mol. The lowest BCUT2D eigenvalue weighted by molar-refractivity contribution is 0.107. The molecule has 0 aliphatic heterocycles. The Hall–Kier alpha value is -1.14. The largest absolute Gasteiger partial charge is 0.390 e. The first kappa shape index (κ1) is 13.3. The molecule has 18 heavy (non-hydrogen) atoms. The minimum atomic E-state index is -0.726. The van der Waals surface area contributed by atoms with Gasteiger partial charge in [0.25, 0.3) is 5.78 Å². The number of fused-ring (bicyclic) bond motifs is 1. The van der Waals surface area contributed by atoms with Crippen molar-refractivity contribution in [1.29, 1.82) is 0 Å². The van der Waals surface area contributed by atoms with Gasteiger partial charge < -0.3 is 5.11 Å². The van der Waals surface area contributed by atoms with E-state index in [0.29, 0.717) is 16.7 Å². The molecule has 2 aromatic rings. The molecule has 0 fully saturated rings. The van der Waals surface area contributed by atoms with Crippen LogP contribution in [0.1, 0.15) is 30.8 Å². The van der Waals surface area contributed by atoms with Crippen molar-refractivity contribution in [3.05, 3.63) is 17.0 Å². The number of thioether (sulfide) groups is 1. The van der Waals surface area contributed by atoms with Crippen molar-refractivity contribution in [2.75, 3.05) is 5.75 Å². The molecule has 1 N–H and O–H groups in total. The molecule has 2 heterocycles. The molecule has 2 aromatic heterocycles. The predicted octanol–water partition coefficient (Wildman–Crippen LogP) is 1.91. The highest BCUT2D eigenvalue weighted by molar-refractivity contribution is 7.99. The minimum absolute atomic E-state index is 0.556. The van der Waals surface area contributed by atoms with Crippen LogP contribution in [0.5, 0.6) is 0 Å².